The number of hydrogen-bond acceptors (Lipinski definition) is 4. The molecule has 0 unspecified atom stereocenters. The molecule has 45 heavy (non-hydrogen) atoms. The number of carbonyl (C=O) groups is 2. The van der Waals surface area contributed by atoms with Gasteiger partial charge in [-0.1, -0.05) is 77.8 Å². The Morgan fingerprint density at radius 1 is 0.800 bits per heavy atom. The van der Waals surface area contributed by atoms with Crippen LogP contribution >= 0.6 is 23.2 Å². The first-order valence-corrected chi connectivity index (χ1v) is 16.7. The number of aryl methyl sites for hydroxylation is 1. The third-order valence-corrected chi connectivity index (χ3v) is 9.30. The number of amides is 2. The molecule has 0 aliphatic heterocycles. The zero-order valence-corrected chi connectivity index (χ0v) is 28.0. The predicted octanol–water partition coefficient (Wildman–Crippen LogP) is 7.05. The maximum atomic E-state index is 14.5. The number of nitrogens with zero attached hydrogens (tertiary/aromatic N) is 2. The summed E-state index contributed by atoms with van der Waals surface area (Å²) in [7, 11) is -4.22. The lowest BCUT2D eigenvalue weighted by Crippen LogP contribution is -2.56. The van der Waals surface area contributed by atoms with Crippen molar-refractivity contribution >= 4 is 50.7 Å². The fraction of sp³-hybridized carbons (Fsp3) is 0.257. The first kappa shape index (κ1) is 34.0. The van der Waals surface area contributed by atoms with E-state index in [0.29, 0.717) is 15.7 Å². The van der Waals surface area contributed by atoms with E-state index in [-0.39, 0.29) is 23.8 Å². The molecule has 0 radical (unpaired) electrons. The molecule has 0 heterocycles. The molecule has 0 aliphatic rings. The van der Waals surface area contributed by atoms with Gasteiger partial charge in [-0.3, -0.25) is 13.9 Å². The molecule has 1 atom stereocenters. The minimum Gasteiger partial charge on any atom is -0.350 e. The number of hydrogen-bond donors (Lipinski definition) is 1. The Balaban J connectivity index is 1.81. The Hall–Kier alpha value is -3.85. The van der Waals surface area contributed by atoms with Crippen LogP contribution in [-0.2, 0) is 32.6 Å². The monoisotopic (exact) mass is 665 g/mol. The van der Waals surface area contributed by atoms with Gasteiger partial charge in [0.1, 0.15) is 12.6 Å². The Morgan fingerprint density at radius 3 is 1.98 bits per heavy atom. The minimum atomic E-state index is -4.22. The summed E-state index contributed by atoms with van der Waals surface area (Å²) in [5, 5.41) is 3.94. The summed E-state index contributed by atoms with van der Waals surface area (Å²) in [6, 6.07) is 28.2. The van der Waals surface area contributed by atoms with E-state index >= 15 is 0 Å². The first-order valence-electron chi connectivity index (χ1n) is 14.5. The molecule has 236 valence electrons. The van der Waals surface area contributed by atoms with E-state index in [4.69, 9.17) is 23.2 Å². The Kier molecular flexibility index (Phi) is 11.0. The van der Waals surface area contributed by atoms with Gasteiger partial charge in [-0.25, -0.2) is 8.42 Å². The fourth-order valence-corrected chi connectivity index (χ4v) is 6.50. The highest BCUT2D eigenvalue weighted by molar-refractivity contribution is 7.92. The van der Waals surface area contributed by atoms with E-state index in [2.05, 4.69) is 5.32 Å². The maximum Gasteiger partial charge on any atom is 0.264 e. The second-order valence-electron chi connectivity index (χ2n) is 11.9. The number of anilines is 1. The molecule has 7 nitrogen and oxygen atoms in total. The van der Waals surface area contributed by atoms with Crippen LogP contribution in [0.1, 0.15) is 37.5 Å². The van der Waals surface area contributed by atoms with Crippen molar-refractivity contribution in [2.24, 2.45) is 0 Å². The van der Waals surface area contributed by atoms with Crippen LogP contribution in [0.4, 0.5) is 5.69 Å². The number of carbonyl (C=O) groups excluding carboxylic acids is 2. The van der Waals surface area contributed by atoms with Crippen LogP contribution in [0, 0.1) is 6.92 Å². The molecular weight excluding hydrogens is 629 g/mol. The number of sulfonamides is 1. The zero-order chi connectivity index (χ0) is 32.8. The molecule has 0 saturated heterocycles. The lowest BCUT2D eigenvalue weighted by molar-refractivity contribution is -0.140. The summed E-state index contributed by atoms with van der Waals surface area (Å²) >= 11 is 12.2. The maximum absolute atomic E-state index is 14.5. The second kappa shape index (κ2) is 14.5. The molecule has 4 aromatic carbocycles. The molecule has 1 N–H and O–H groups in total. The lowest BCUT2D eigenvalue weighted by Gasteiger charge is -2.35. The van der Waals surface area contributed by atoms with E-state index in [1.807, 2.05) is 64.1 Å². The van der Waals surface area contributed by atoms with Crippen LogP contribution in [0.15, 0.2) is 108 Å². The van der Waals surface area contributed by atoms with Crippen molar-refractivity contribution in [2.45, 2.75) is 57.1 Å². The molecular formula is C35H37Cl2N3O4S. The van der Waals surface area contributed by atoms with E-state index in [1.54, 1.807) is 42.5 Å². The van der Waals surface area contributed by atoms with Crippen molar-refractivity contribution in [3.05, 3.63) is 130 Å². The highest BCUT2D eigenvalue weighted by Crippen LogP contribution is 2.27. The van der Waals surface area contributed by atoms with Crippen LogP contribution in [0.3, 0.4) is 0 Å². The fourth-order valence-electron chi connectivity index (χ4n) is 4.84. The molecule has 4 aromatic rings. The minimum absolute atomic E-state index is 0.0169. The van der Waals surface area contributed by atoms with Crippen molar-refractivity contribution < 1.29 is 18.0 Å². The third kappa shape index (κ3) is 9.33. The second-order valence-corrected chi connectivity index (χ2v) is 14.6. The van der Waals surface area contributed by atoms with Gasteiger partial charge in [0, 0.05) is 28.5 Å². The summed E-state index contributed by atoms with van der Waals surface area (Å²) in [6.07, 6.45) is 0.219. The number of nitrogens with one attached hydrogen (secondary N) is 1. The Bertz CT molecular complexity index is 1720. The van der Waals surface area contributed by atoms with Crippen LogP contribution in [0.5, 0.6) is 0 Å². The van der Waals surface area contributed by atoms with Crippen molar-refractivity contribution in [1.29, 1.82) is 0 Å². The van der Waals surface area contributed by atoms with Crippen LogP contribution in [0.25, 0.3) is 0 Å². The van der Waals surface area contributed by atoms with Gasteiger partial charge in [-0.05, 0) is 92.9 Å². The van der Waals surface area contributed by atoms with E-state index < -0.39 is 34.1 Å². The standard InChI is InChI=1S/C35H37Cl2N3O4S/c1-25-9-8-12-30(21-25)40(45(43,44)31-19-17-29(37)18-20-31)24-33(41)39(23-27-13-15-28(36)16-14-27)32(34(42)38-35(2,3)4)22-26-10-6-5-7-11-26/h5-21,32H,22-24H2,1-4H3,(H,38,42)/t32-/m1/s1. The van der Waals surface area contributed by atoms with Crippen molar-refractivity contribution in [2.75, 3.05) is 10.8 Å². The normalized spacial score (nSPS) is 12.3. The molecule has 0 aliphatic carbocycles. The topological polar surface area (TPSA) is 86.8 Å². The number of benzene rings is 4. The molecule has 2 amide bonds. The molecule has 0 bridgehead atoms. The molecule has 0 aromatic heterocycles. The smallest absolute Gasteiger partial charge is 0.264 e. The summed E-state index contributed by atoms with van der Waals surface area (Å²) < 4.78 is 29.3. The predicted molar refractivity (Wildman–Crippen MR) is 181 cm³/mol. The van der Waals surface area contributed by atoms with Gasteiger partial charge in [0.25, 0.3) is 10.0 Å². The average molecular weight is 667 g/mol. The largest absolute Gasteiger partial charge is 0.350 e. The van der Waals surface area contributed by atoms with Crippen LogP contribution in [-0.4, -0.2) is 43.3 Å². The van der Waals surface area contributed by atoms with Gasteiger partial charge in [-0.15, -0.1) is 0 Å². The van der Waals surface area contributed by atoms with Crippen molar-refractivity contribution in [3.63, 3.8) is 0 Å². The van der Waals surface area contributed by atoms with E-state index in [9.17, 15) is 18.0 Å². The van der Waals surface area contributed by atoms with Crippen molar-refractivity contribution in [3.8, 4) is 0 Å². The number of rotatable bonds is 11. The Morgan fingerprint density at radius 2 is 1.40 bits per heavy atom. The zero-order valence-electron chi connectivity index (χ0n) is 25.7. The third-order valence-electron chi connectivity index (χ3n) is 7.01. The van der Waals surface area contributed by atoms with Gasteiger partial charge in [0.2, 0.25) is 11.8 Å². The van der Waals surface area contributed by atoms with Crippen LogP contribution < -0.4 is 9.62 Å². The van der Waals surface area contributed by atoms with Crippen molar-refractivity contribution in [1.82, 2.24) is 10.2 Å². The van der Waals surface area contributed by atoms with E-state index in [1.165, 1.54) is 29.2 Å². The summed E-state index contributed by atoms with van der Waals surface area (Å²) in [4.78, 5) is 29.9. The quantitative estimate of drug-likeness (QED) is 0.186. The average Bonchev–Trinajstić information content (AvgIpc) is 2.98. The lowest BCUT2D eigenvalue weighted by atomic mass is 10.0. The highest BCUT2D eigenvalue weighted by atomic mass is 35.5. The van der Waals surface area contributed by atoms with Gasteiger partial charge in [0.05, 0.1) is 10.6 Å². The molecule has 10 heteroatoms. The van der Waals surface area contributed by atoms with Gasteiger partial charge >= 0.3 is 0 Å². The van der Waals surface area contributed by atoms with Gasteiger partial charge in [-0.2, -0.15) is 0 Å². The van der Waals surface area contributed by atoms with Gasteiger partial charge < -0.3 is 10.2 Å². The summed E-state index contributed by atoms with van der Waals surface area (Å²) in [5.41, 5.74) is 2.15. The van der Waals surface area contributed by atoms with E-state index in [0.717, 1.165) is 21.0 Å². The van der Waals surface area contributed by atoms with Gasteiger partial charge in [0.15, 0.2) is 0 Å². The molecule has 0 fully saturated rings. The number of halogens is 2. The summed E-state index contributed by atoms with van der Waals surface area (Å²) in [5.74, 6) is -0.898. The van der Waals surface area contributed by atoms with Crippen LogP contribution in [0.2, 0.25) is 10.0 Å². The molecule has 4 rings (SSSR count). The molecule has 0 spiro atoms. The summed E-state index contributed by atoms with van der Waals surface area (Å²) in [6.45, 7) is 6.96. The molecule has 0 saturated carbocycles. The highest BCUT2D eigenvalue weighted by Gasteiger charge is 2.35. The first-order chi connectivity index (χ1) is 21.2. The Labute approximate surface area is 275 Å². The SMILES string of the molecule is Cc1cccc(N(CC(=O)N(Cc2ccc(Cl)cc2)[C@H](Cc2ccccc2)C(=O)NC(C)(C)C)S(=O)(=O)c2ccc(Cl)cc2)c1.